The molecule has 2 amide bonds. The molecule has 6 nitrogen and oxygen atoms in total. The van der Waals surface area contributed by atoms with Crippen molar-refractivity contribution in [3.8, 4) is 0 Å². The number of halogens is 1. The molecule has 1 aliphatic rings. The second-order valence-electron chi connectivity index (χ2n) is 9.53. The highest BCUT2D eigenvalue weighted by molar-refractivity contribution is 7.98. The van der Waals surface area contributed by atoms with Crippen molar-refractivity contribution in [1.29, 1.82) is 0 Å². The molecule has 0 aliphatic carbocycles. The van der Waals surface area contributed by atoms with Crippen LogP contribution in [0.3, 0.4) is 0 Å². The zero-order chi connectivity index (χ0) is 24.4. The van der Waals surface area contributed by atoms with E-state index >= 15 is 0 Å². The van der Waals surface area contributed by atoms with E-state index in [0.29, 0.717) is 29.5 Å². The Morgan fingerprint density at radius 1 is 1.27 bits per heavy atom. The molecule has 178 valence electrons. The number of hydrogen-bond acceptors (Lipinski definition) is 3. The highest BCUT2D eigenvalue weighted by Gasteiger charge is 2.38. The summed E-state index contributed by atoms with van der Waals surface area (Å²) in [7, 11) is -2.91. The Labute approximate surface area is 201 Å². The number of benzene rings is 2. The van der Waals surface area contributed by atoms with Gasteiger partial charge in [0.2, 0.25) is 5.91 Å². The Hall–Kier alpha value is -2.35. The summed E-state index contributed by atoms with van der Waals surface area (Å²) in [5.74, 6) is 3.46. The van der Waals surface area contributed by atoms with E-state index in [2.05, 4.69) is 37.2 Å². The lowest BCUT2D eigenvalue weighted by Gasteiger charge is -2.45. The molecule has 1 saturated heterocycles. The number of carbonyl (C=O) groups is 2. The standard InChI is InChI=1S/C25H32ClN3O3S/c1-17(28-24(31)19-6-5-7-21(15-19)33(4,27)32)14-23(30)29-13-12-22(25(2,3)16-29)18-8-10-20(26)11-9-18/h5-11,15,17,22H,4,12-14,16H2,1-3H3,(H2,27,32)(H,28,31)/t17-,22?,33?/m1/s1. The molecule has 2 aromatic rings. The molecular weight excluding hydrogens is 458 g/mol. The van der Waals surface area contributed by atoms with Gasteiger partial charge in [0.15, 0.2) is 0 Å². The number of rotatable bonds is 6. The molecule has 0 spiro atoms. The number of nitrogens with zero attached hydrogens (tertiary/aromatic N) is 1. The van der Waals surface area contributed by atoms with E-state index < -0.39 is 9.71 Å². The molecule has 1 heterocycles. The Balaban J connectivity index is 1.59. The minimum atomic E-state index is -2.91. The van der Waals surface area contributed by atoms with Crippen LogP contribution in [0.15, 0.2) is 53.4 Å². The van der Waals surface area contributed by atoms with Crippen LogP contribution in [-0.2, 0) is 14.5 Å². The fourth-order valence-corrected chi connectivity index (χ4v) is 5.25. The van der Waals surface area contributed by atoms with Gasteiger partial charge in [-0.1, -0.05) is 43.6 Å². The summed E-state index contributed by atoms with van der Waals surface area (Å²) in [6, 6.07) is 13.9. The third-order valence-corrected chi connectivity index (χ3v) is 7.51. The number of nitrogens with two attached hydrogens (primary N) is 1. The molecule has 8 heteroatoms. The van der Waals surface area contributed by atoms with Gasteiger partial charge >= 0.3 is 0 Å². The van der Waals surface area contributed by atoms with Crippen molar-refractivity contribution in [3.63, 3.8) is 0 Å². The Bertz CT molecular complexity index is 1130. The lowest BCUT2D eigenvalue weighted by atomic mass is 9.70. The summed E-state index contributed by atoms with van der Waals surface area (Å²) in [5.41, 5.74) is 1.49. The molecule has 0 bridgehead atoms. The van der Waals surface area contributed by atoms with Gasteiger partial charge in [0.1, 0.15) is 0 Å². The molecule has 1 fully saturated rings. The summed E-state index contributed by atoms with van der Waals surface area (Å²) < 4.78 is 12.0. The molecule has 3 N–H and O–H groups in total. The zero-order valence-electron chi connectivity index (χ0n) is 19.3. The zero-order valence-corrected chi connectivity index (χ0v) is 20.9. The molecule has 0 aromatic heterocycles. The molecule has 33 heavy (non-hydrogen) atoms. The number of nitrogens with one attached hydrogen (secondary N) is 1. The first-order valence-electron chi connectivity index (χ1n) is 11.0. The molecular formula is C25H32ClN3O3S. The largest absolute Gasteiger partial charge is 0.349 e. The number of carbonyl (C=O) groups excluding carboxylic acids is 2. The van der Waals surface area contributed by atoms with Gasteiger partial charge in [0, 0.05) is 41.0 Å². The van der Waals surface area contributed by atoms with Crippen LogP contribution in [-0.4, -0.2) is 45.9 Å². The van der Waals surface area contributed by atoms with Crippen LogP contribution < -0.4 is 10.5 Å². The molecule has 3 atom stereocenters. The minimum Gasteiger partial charge on any atom is -0.349 e. The molecule has 2 aromatic carbocycles. The number of likely N-dealkylation sites (tertiary alicyclic amines) is 1. The molecule has 2 unspecified atom stereocenters. The summed E-state index contributed by atoms with van der Waals surface area (Å²) in [6.45, 7) is 7.49. The highest BCUT2D eigenvalue weighted by atomic mass is 35.5. The van der Waals surface area contributed by atoms with Crippen LogP contribution in [0, 0.1) is 5.41 Å². The van der Waals surface area contributed by atoms with Crippen LogP contribution in [0.25, 0.3) is 0 Å². The van der Waals surface area contributed by atoms with Crippen LogP contribution in [0.5, 0.6) is 0 Å². The smallest absolute Gasteiger partial charge is 0.251 e. The monoisotopic (exact) mass is 489 g/mol. The number of piperidine rings is 1. The van der Waals surface area contributed by atoms with Gasteiger partial charge in [0.25, 0.3) is 5.91 Å². The van der Waals surface area contributed by atoms with E-state index in [-0.39, 0.29) is 29.7 Å². The van der Waals surface area contributed by atoms with Gasteiger partial charge in [-0.15, -0.1) is 0 Å². The van der Waals surface area contributed by atoms with Gasteiger partial charge in [-0.3, -0.25) is 14.7 Å². The molecule has 0 saturated carbocycles. The molecule has 0 radical (unpaired) electrons. The quantitative estimate of drug-likeness (QED) is 0.604. The van der Waals surface area contributed by atoms with E-state index in [9.17, 15) is 13.8 Å². The fourth-order valence-electron chi connectivity index (χ4n) is 4.48. The average Bonchev–Trinajstić information content (AvgIpc) is 2.73. The van der Waals surface area contributed by atoms with E-state index in [1.165, 1.54) is 11.6 Å². The van der Waals surface area contributed by atoms with Gasteiger partial charge < -0.3 is 10.2 Å². The van der Waals surface area contributed by atoms with E-state index in [4.69, 9.17) is 16.7 Å². The first-order chi connectivity index (χ1) is 15.4. The van der Waals surface area contributed by atoms with Crippen molar-refractivity contribution in [2.75, 3.05) is 13.1 Å². The second kappa shape index (κ2) is 9.87. The van der Waals surface area contributed by atoms with Crippen LogP contribution in [0.4, 0.5) is 0 Å². The SMILES string of the molecule is C=S(N)(=O)c1cccc(C(=O)N[C@H](C)CC(=O)N2CCC(c3ccc(Cl)cc3)C(C)(C)C2)c1. The van der Waals surface area contributed by atoms with E-state index in [0.717, 1.165) is 11.4 Å². The normalized spacial score (nSPS) is 20.5. The summed E-state index contributed by atoms with van der Waals surface area (Å²) >= 11 is 6.03. The Morgan fingerprint density at radius 3 is 2.55 bits per heavy atom. The van der Waals surface area contributed by atoms with Crippen LogP contribution in [0.1, 0.15) is 55.5 Å². The van der Waals surface area contributed by atoms with Crippen LogP contribution >= 0.6 is 11.6 Å². The third kappa shape index (κ3) is 6.37. The maximum Gasteiger partial charge on any atom is 0.251 e. The van der Waals surface area contributed by atoms with Crippen molar-refractivity contribution in [2.24, 2.45) is 10.6 Å². The Morgan fingerprint density at radius 2 is 1.94 bits per heavy atom. The Kier molecular flexibility index (Phi) is 7.56. The van der Waals surface area contributed by atoms with Crippen molar-refractivity contribution < 1.29 is 13.8 Å². The fraction of sp³-hybridized carbons (Fsp3) is 0.400. The maximum absolute atomic E-state index is 13.0. The predicted molar refractivity (Wildman–Crippen MR) is 135 cm³/mol. The lowest BCUT2D eigenvalue weighted by molar-refractivity contribution is -0.135. The van der Waals surface area contributed by atoms with Crippen molar-refractivity contribution in [2.45, 2.75) is 50.5 Å². The first kappa shape index (κ1) is 25.3. The second-order valence-corrected chi connectivity index (χ2v) is 11.9. The minimum absolute atomic E-state index is 0.0157. The van der Waals surface area contributed by atoms with Crippen molar-refractivity contribution in [3.05, 3.63) is 64.7 Å². The molecule has 3 rings (SSSR count). The lowest BCUT2D eigenvalue weighted by Crippen LogP contribution is -2.48. The van der Waals surface area contributed by atoms with E-state index in [1.807, 2.05) is 17.0 Å². The van der Waals surface area contributed by atoms with E-state index in [1.54, 1.807) is 25.1 Å². The first-order valence-corrected chi connectivity index (χ1v) is 13.1. The van der Waals surface area contributed by atoms with Gasteiger partial charge in [-0.25, -0.2) is 4.21 Å². The van der Waals surface area contributed by atoms with Gasteiger partial charge in [-0.2, -0.15) is 0 Å². The average molecular weight is 490 g/mol. The van der Waals surface area contributed by atoms with Crippen molar-refractivity contribution in [1.82, 2.24) is 10.2 Å². The predicted octanol–water partition coefficient (Wildman–Crippen LogP) is 3.84. The number of hydrogen-bond donors (Lipinski definition) is 2. The van der Waals surface area contributed by atoms with Gasteiger partial charge in [-0.05, 0) is 66.4 Å². The number of amides is 2. The summed E-state index contributed by atoms with van der Waals surface area (Å²) in [4.78, 5) is 27.8. The third-order valence-electron chi connectivity index (χ3n) is 6.21. The summed E-state index contributed by atoms with van der Waals surface area (Å²) in [6.07, 6.45) is 1.08. The topological polar surface area (TPSA) is 92.5 Å². The highest BCUT2D eigenvalue weighted by Crippen LogP contribution is 2.42. The van der Waals surface area contributed by atoms with Crippen molar-refractivity contribution >= 4 is 39.0 Å². The molecule has 1 aliphatic heterocycles. The van der Waals surface area contributed by atoms with Gasteiger partial charge in [0.05, 0.1) is 9.71 Å². The summed E-state index contributed by atoms with van der Waals surface area (Å²) in [5, 5.41) is 9.15. The maximum atomic E-state index is 13.0. The van der Waals surface area contributed by atoms with Crippen LogP contribution in [0.2, 0.25) is 5.02 Å².